The Kier molecular flexibility index (Phi) is 6.33. The minimum Gasteiger partial charge on any atom is -0.507 e. The summed E-state index contributed by atoms with van der Waals surface area (Å²) in [4.78, 5) is 17.3. The lowest BCUT2D eigenvalue weighted by Crippen LogP contribution is -2.35. The van der Waals surface area contributed by atoms with Gasteiger partial charge in [-0.2, -0.15) is 5.10 Å². The minimum atomic E-state index is -0.233. The van der Waals surface area contributed by atoms with Gasteiger partial charge in [-0.05, 0) is 36.1 Å². The van der Waals surface area contributed by atoms with Gasteiger partial charge in [0.2, 0.25) is 0 Å². The van der Waals surface area contributed by atoms with E-state index >= 15 is 0 Å². The number of morpholine rings is 1. The van der Waals surface area contributed by atoms with Crippen molar-refractivity contribution in [3.05, 3.63) is 53.2 Å². The Hall–Kier alpha value is -2.90. The Morgan fingerprint density at radius 3 is 2.64 bits per heavy atom. The molecule has 3 aromatic rings. The smallest absolute Gasteiger partial charge is 0.261 e. The highest BCUT2D eigenvalue weighted by Gasteiger charge is 2.22. The monoisotopic (exact) mass is 448 g/mol. The molecule has 5 rings (SSSR count). The van der Waals surface area contributed by atoms with E-state index in [1.165, 1.54) is 31.2 Å². The molecule has 1 aliphatic carbocycles. The summed E-state index contributed by atoms with van der Waals surface area (Å²) in [5.41, 5.74) is 4.06. The number of benzene rings is 2. The zero-order valence-corrected chi connectivity index (χ0v) is 19.2. The normalized spacial score (nSPS) is 17.6. The van der Waals surface area contributed by atoms with E-state index in [1.807, 2.05) is 12.1 Å². The fourth-order valence-electron chi connectivity index (χ4n) is 5.07. The van der Waals surface area contributed by atoms with Gasteiger partial charge in [0.05, 0.1) is 24.3 Å². The molecule has 1 saturated carbocycles. The fourth-order valence-corrected chi connectivity index (χ4v) is 5.07. The van der Waals surface area contributed by atoms with Crippen LogP contribution in [-0.4, -0.2) is 59.5 Å². The average Bonchev–Trinajstić information content (AvgIpc) is 3.49. The highest BCUT2D eigenvalue weighted by atomic mass is 16.5. The predicted octanol–water partition coefficient (Wildman–Crippen LogP) is 4.11. The van der Waals surface area contributed by atoms with E-state index in [0.29, 0.717) is 17.0 Å². The summed E-state index contributed by atoms with van der Waals surface area (Å²) < 4.78 is 5.42. The van der Waals surface area contributed by atoms with Crippen molar-refractivity contribution in [3.63, 3.8) is 0 Å². The first-order valence-corrected chi connectivity index (χ1v) is 12.0. The molecule has 174 valence electrons. The van der Waals surface area contributed by atoms with Crippen LogP contribution in [-0.2, 0) is 17.7 Å². The third kappa shape index (κ3) is 4.75. The molecule has 2 N–H and O–H groups in total. The number of amides is 1. The van der Waals surface area contributed by atoms with Crippen molar-refractivity contribution >= 4 is 22.5 Å². The van der Waals surface area contributed by atoms with E-state index in [1.54, 1.807) is 24.1 Å². The molecule has 33 heavy (non-hydrogen) atoms. The number of rotatable bonds is 6. The van der Waals surface area contributed by atoms with Gasteiger partial charge in [-0.1, -0.05) is 37.8 Å². The molecule has 7 heteroatoms. The first-order chi connectivity index (χ1) is 16.1. The number of carbonyl (C=O) groups is 1. The second kappa shape index (κ2) is 9.53. The first-order valence-electron chi connectivity index (χ1n) is 12.0. The summed E-state index contributed by atoms with van der Waals surface area (Å²) in [6, 6.07) is 11.4. The Balaban J connectivity index is 1.33. The van der Waals surface area contributed by atoms with E-state index in [0.717, 1.165) is 56.0 Å². The number of ether oxygens (including phenoxy) is 1. The number of nitrogens with zero attached hydrogens (tertiary/aromatic N) is 3. The minimum absolute atomic E-state index is 0.0396. The lowest BCUT2D eigenvalue weighted by molar-refractivity contribution is 0.0342. The molecule has 2 aromatic carbocycles. The first kappa shape index (κ1) is 21.9. The number of fused-ring (bicyclic) bond motifs is 1. The van der Waals surface area contributed by atoms with Gasteiger partial charge in [0.15, 0.2) is 0 Å². The van der Waals surface area contributed by atoms with Crippen LogP contribution in [0.15, 0.2) is 36.4 Å². The molecule has 2 aliphatic rings. The maximum absolute atomic E-state index is 13.3. The van der Waals surface area contributed by atoms with Crippen LogP contribution in [0.4, 0.5) is 5.69 Å². The summed E-state index contributed by atoms with van der Waals surface area (Å²) in [6.45, 7) is 4.32. The third-order valence-corrected chi connectivity index (χ3v) is 7.09. The fraction of sp³-hybridized carbons (Fsp3) is 0.462. The number of hydrogen-bond donors (Lipinski definition) is 2. The Morgan fingerprint density at radius 1 is 1.18 bits per heavy atom. The van der Waals surface area contributed by atoms with Crippen LogP contribution in [0, 0.1) is 5.92 Å². The quantitative estimate of drug-likeness (QED) is 0.593. The maximum atomic E-state index is 13.3. The lowest BCUT2D eigenvalue weighted by Gasteiger charge is -2.26. The second-order valence-electron chi connectivity index (χ2n) is 9.36. The Labute approximate surface area is 194 Å². The summed E-state index contributed by atoms with van der Waals surface area (Å²) in [6.07, 6.45) is 6.01. The topological polar surface area (TPSA) is 81.7 Å². The third-order valence-electron chi connectivity index (χ3n) is 7.09. The Bertz CT molecular complexity index is 1110. The molecule has 1 aromatic heterocycles. The van der Waals surface area contributed by atoms with Gasteiger partial charge in [-0.25, -0.2) is 0 Å². The number of phenols is 1. The highest BCUT2D eigenvalue weighted by Crippen LogP contribution is 2.32. The number of hydrogen-bond acceptors (Lipinski definition) is 5. The van der Waals surface area contributed by atoms with Crippen LogP contribution in [0.2, 0.25) is 0 Å². The SMILES string of the molecule is CN(C(=O)c1cc2c(CC3CCCC3)[nH]nc2cc1O)c1ccc(CN2CCOCC2)cc1. The number of aromatic nitrogens is 2. The van der Waals surface area contributed by atoms with E-state index in [4.69, 9.17) is 4.74 Å². The number of H-pyrrole nitrogens is 1. The summed E-state index contributed by atoms with van der Waals surface area (Å²) in [5.74, 6) is 0.394. The van der Waals surface area contributed by atoms with E-state index < -0.39 is 0 Å². The van der Waals surface area contributed by atoms with E-state index in [9.17, 15) is 9.90 Å². The molecule has 2 heterocycles. The van der Waals surface area contributed by atoms with Crippen LogP contribution >= 0.6 is 0 Å². The molecule has 0 unspecified atom stereocenters. The molecule has 2 fully saturated rings. The van der Waals surface area contributed by atoms with Crippen molar-refractivity contribution in [2.75, 3.05) is 38.3 Å². The standard InChI is InChI=1S/C26H32N4O3/c1-29(20-8-6-19(7-9-20)17-30-10-12-33-13-11-30)26(32)22-15-21-23(14-18-4-2-3-5-18)27-28-24(21)16-25(22)31/h6-9,15-16,18,31H,2-5,10-14,17H2,1H3,(H,27,28). The number of anilines is 1. The highest BCUT2D eigenvalue weighted by molar-refractivity contribution is 6.09. The Morgan fingerprint density at radius 2 is 1.91 bits per heavy atom. The van der Waals surface area contributed by atoms with Crippen LogP contribution in [0.25, 0.3) is 10.9 Å². The van der Waals surface area contributed by atoms with Crippen LogP contribution < -0.4 is 4.90 Å². The number of aromatic hydroxyl groups is 1. The van der Waals surface area contributed by atoms with Crippen LogP contribution in [0.3, 0.4) is 0 Å². The number of aromatic amines is 1. The lowest BCUT2D eigenvalue weighted by atomic mass is 9.99. The molecule has 0 radical (unpaired) electrons. The van der Waals surface area contributed by atoms with Crippen molar-refractivity contribution in [1.82, 2.24) is 15.1 Å². The van der Waals surface area contributed by atoms with Crippen LogP contribution in [0.5, 0.6) is 5.75 Å². The number of carbonyl (C=O) groups excluding carboxylic acids is 1. The molecule has 0 bridgehead atoms. The predicted molar refractivity (Wildman–Crippen MR) is 129 cm³/mol. The van der Waals surface area contributed by atoms with Crippen molar-refractivity contribution in [2.45, 2.75) is 38.6 Å². The van der Waals surface area contributed by atoms with Gasteiger partial charge in [-0.3, -0.25) is 14.8 Å². The zero-order chi connectivity index (χ0) is 22.8. The zero-order valence-electron chi connectivity index (χ0n) is 19.2. The van der Waals surface area contributed by atoms with Gasteiger partial charge >= 0.3 is 0 Å². The summed E-state index contributed by atoms with van der Waals surface area (Å²) in [5, 5.41) is 19.0. The van der Waals surface area contributed by atoms with Gasteiger partial charge in [-0.15, -0.1) is 0 Å². The van der Waals surface area contributed by atoms with Crippen molar-refractivity contribution in [2.24, 2.45) is 5.92 Å². The van der Waals surface area contributed by atoms with Crippen molar-refractivity contribution in [3.8, 4) is 5.75 Å². The number of phenolic OH excluding ortho intramolecular Hbond substituents is 1. The van der Waals surface area contributed by atoms with E-state index in [-0.39, 0.29) is 11.7 Å². The molecule has 0 spiro atoms. The summed E-state index contributed by atoms with van der Waals surface area (Å²) >= 11 is 0. The molecular formula is C26H32N4O3. The van der Waals surface area contributed by atoms with Gasteiger partial charge < -0.3 is 14.7 Å². The maximum Gasteiger partial charge on any atom is 0.261 e. The molecule has 1 amide bonds. The average molecular weight is 449 g/mol. The molecule has 1 saturated heterocycles. The molecule has 1 aliphatic heterocycles. The molecular weight excluding hydrogens is 416 g/mol. The van der Waals surface area contributed by atoms with Gasteiger partial charge in [0.1, 0.15) is 5.75 Å². The van der Waals surface area contributed by atoms with Gasteiger partial charge in [0, 0.05) is 49.5 Å². The van der Waals surface area contributed by atoms with Crippen molar-refractivity contribution < 1.29 is 14.6 Å². The van der Waals surface area contributed by atoms with Crippen LogP contribution in [0.1, 0.15) is 47.3 Å². The van der Waals surface area contributed by atoms with Gasteiger partial charge in [0.25, 0.3) is 5.91 Å². The second-order valence-corrected chi connectivity index (χ2v) is 9.36. The van der Waals surface area contributed by atoms with Crippen molar-refractivity contribution in [1.29, 1.82) is 0 Å². The van der Waals surface area contributed by atoms with E-state index in [2.05, 4.69) is 27.2 Å². The largest absolute Gasteiger partial charge is 0.507 e. The number of nitrogens with one attached hydrogen (secondary N) is 1. The summed E-state index contributed by atoms with van der Waals surface area (Å²) in [7, 11) is 1.75. The molecule has 0 atom stereocenters. The molecule has 7 nitrogen and oxygen atoms in total.